The first-order chi connectivity index (χ1) is 9.16. The van der Waals surface area contributed by atoms with Crippen LogP contribution in [0.1, 0.15) is 40.0 Å². The van der Waals surface area contributed by atoms with E-state index in [0.29, 0.717) is 12.8 Å². The molecule has 1 amide bonds. The minimum absolute atomic E-state index is 0.0557. The molecule has 1 saturated carbocycles. The summed E-state index contributed by atoms with van der Waals surface area (Å²) in [7, 11) is 3.88. The predicted molar refractivity (Wildman–Crippen MR) is 78.4 cm³/mol. The van der Waals surface area contributed by atoms with Crippen molar-refractivity contribution in [2.75, 3.05) is 20.6 Å². The predicted octanol–water partition coefficient (Wildman–Crippen LogP) is 1.58. The Morgan fingerprint density at radius 1 is 1.30 bits per heavy atom. The van der Waals surface area contributed by atoms with Gasteiger partial charge in [0.05, 0.1) is 5.92 Å². The van der Waals surface area contributed by atoms with Crippen LogP contribution in [0.15, 0.2) is 0 Å². The number of carbonyl (C=O) groups is 2. The van der Waals surface area contributed by atoms with E-state index in [4.69, 9.17) is 0 Å². The Morgan fingerprint density at radius 2 is 1.90 bits per heavy atom. The largest absolute Gasteiger partial charge is 0.481 e. The molecule has 0 spiro atoms. The highest BCUT2D eigenvalue weighted by molar-refractivity contribution is 5.76. The summed E-state index contributed by atoms with van der Waals surface area (Å²) in [5, 5.41) is 12.4. The Balaban J connectivity index is 2.62. The van der Waals surface area contributed by atoms with Gasteiger partial charge in [0.25, 0.3) is 0 Å². The molecule has 0 radical (unpaired) electrons. The number of nitrogens with zero attached hydrogens (tertiary/aromatic N) is 1. The summed E-state index contributed by atoms with van der Waals surface area (Å²) < 4.78 is 0. The van der Waals surface area contributed by atoms with E-state index in [1.165, 1.54) is 0 Å². The number of aliphatic carboxylic acids is 1. The van der Waals surface area contributed by atoms with Gasteiger partial charge in [-0.1, -0.05) is 20.8 Å². The molecule has 0 aromatic rings. The molecule has 0 bridgehead atoms. The van der Waals surface area contributed by atoms with Gasteiger partial charge in [-0.3, -0.25) is 9.59 Å². The summed E-state index contributed by atoms with van der Waals surface area (Å²) >= 11 is 0. The second kappa shape index (κ2) is 6.57. The van der Waals surface area contributed by atoms with Gasteiger partial charge in [-0.25, -0.2) is 0 Å². The Morgan fingerprint density at radius 3 is 2.40 bits per heavy atom. The summed E-state index contributed by atoms with van der Waals surface area (Å²) in [6.07, 6.45) is 1.86. The molecule has 3 unspecified atom stereocenters. The summed E-state index contributed by atoms with van der Waals surface area (Å²) in [6, 6.07) is 0.0789. The van der Waals surface area contributed by atoms with E-state index in [-0.39, 0.29) is 29.2 Å². The summed E-state index contributed by atoms with van der Waals surface area (Å²) in [6.45, 7) is 6.77. The molecule has 1 rings (SSSR count). The number of amides is 1. The topological polar surface area (TPSA) is 69.6 Å². The Labute approximate surface area is 121 Å². The van der Waals surface area contributed by atoms with Gasteiger partial charge in [-0.05, 0) is 38.3 Å². The second-order valence-electron chi connectivity index (χ2n) is 6.81. The lowest BCUT2D eigenvalue weighted by atomic mass is 9.61. The highest BCUT2D eigenvalue weighted by atomic mass is 16.4. The monoisotopic (exact) mass is 284 g/mol. The summed E-state index contributed by atoms with van der Waals surface area (Å²) in [5.41, 5.74) is -0.302. The zero-order chi connectivity index (χ0) is 15.5. The van der Waals surface area contributed by atoms with Gasteiger partial charge in [0.15, 0.2) is 0 Å². The van der Waals surface area contributed by atoms with Crippen molar-refractivity contribution in [1.29, 1.82) is 0 Å². The molecule has 5 heteroatoms. The molecule has 20 heavy (non-hydrogen) atoms. The van der Waals surface area contributed by atoms with Crippen LogP contribution < -0.4 is 5.32 Å². The van der Waals surface area contributed by atoms with Crippen LogP contribution >= 0.6 is 0 Å². The lowest BCUT2D eigenvalue weighted by Gasteiger charge is -2.46. The molecule has 1 aliphatic rings. The van der Waals surface area contributed by atoms with Crippen LogP contribution in [-0.4, -0.2) is 48.6 Å². The second-order valence-corrected chi connectivity index (χ2v) is 6.81. The van der Waals surface area contributed by atoms with E-state index in [0.717, 1.165) is 13.0 Å². The van der Waals surface area contributed by atoms with Gasteiger partial charge < -0.3 is 15.3 Å². The third kappa shape index (κ3) is 3.95. The number of rotatable bonds is 5. The fourth-order valence-corrected chi connectivity index (χ4v) is 3.05. The molecule has 1 aliphatic carbocycles. The fourth-order valence-electron chi connectivity index (χ4n) is 3.05. The summed E-state index contributed by atoms with van der Waals surface area (Å²) in [5.74, 6) is -0.840. The van der Waals surface area contributed by atoms with Crippen LogP contribution in [0.5, 0.6) is 0 Å². The zero-order valence-electron chi connectivity index (χ0n) is 13.3. The molecule has 0 heterocycles. The van der Waals surface area contributed by atoms with Gasteiger partial charge in [-0.15, -0.1) is 0 Å². The van der Waals surface area contributed by atoms with Gasteiger partial charge in [0.1, 0.15) is 0 Å². The van der Waals surface area contributed by atoms with E-state index >= 15 is 0 Å². The Kier molecular flexibility index (Phi) is 5.57. The van der Waals surface area contributed by atoms with Gasteiger partial charge in [0, 0.05) is 19.0 Å². The maximum Gasteiger partial charge on any atom is 0.307 e. The first kappa shape index (κ1) is 17.0. The number of hydrogen-bond acceptors (Lipinski definition) is 3. The maximum atomic E-state index is 11.9. The quantitative estimate of drug-likeness (QED) is 0.804. The average Bonchev–Trinajstić information content (AvgIpc) is 2.32. The Hall–Kier alpha value is -1.10. The average molecular weight is 284 g/mol. The van der Waals surface area contributed by atoms with E-state index in [2.05, 4.69) is 5.32 Å². The third-order valence-corrected chi connectivity index (χ3v) is 4.87. The van der Waals surface area contributed by atoms with Crippen LogP contribution in [0.4, 0.5) is 0 Å². The molecule has 0 aromatic carbocycles. The van der Waals surface area contributed by atoms with Gasteiger partial charge in [0.2, 0.25) is 5.91 Å². The third-order valence-electron chi connectivity index (χ3n) is 4.87. The van der Waals surface area contributed by atoms with E-state index in [9.17, 15) is 14.7 Å². The van der Waals surface area contributed by atoms with Crippen LogP contribution in [0.25, 0.3) is 0 Å². The fraction of sp³-hybridized carbons (Fsp3) is 0.867. The van der Waals surface area contributed by atoms with Crippen molar-refractivity contribution in [3.8, 4) is 0 Å². The minimum atomic E-state index is -0.723. The molecule has 2 N–H and O–H groups in total. The smallest absolute Gasteiger partial charge is 0.307 e. The van der Waals surface area contributed by atoms with Crippen molar-refractivity contribution in [2.24, 2.45) is 17.3 Å². The van der Waals surface area contributed by atoms with E-state index in [1.807, 2.05) is 39.8 Å². The molecular weight excluding hydrogens is 256 g/mol. The number of hydrogen-bond donors (Lipinski definition) is 2. The number of nitrogens with one attached hydrogen (secondary N) is 1. The van der Waals surface area contributed by atoms with Crippen molar-refractivity contribution < 1.29 is 14.7 Å². The molecule has 0 saturated heterocycles. The van der Waals surface area contributed by atoms with Crippen molar-refractivity contribution >= 4 is 11.9 Å². The molecule has 5 nitrogen and oxygen atoms in total. The standard InChI is InChI=1S/C15H28N2O3/c1-10-12(16-13(18)8-9-17(4)5)7-6-11(14(19)20)15(10,2)3/h10-12H,6-9H2,1-5H3,(H,16,18)(H,19,20). The van der Waals surface area contributed by atoms with Crippen LogP contribution in [0, 0.1) is 17.3 Å². The van der Waals surface area contributed by atoms with Crippen molar-refractivity contribution in [2.45, 2.75) is 46.1 Å². The maximum absolute atomic E-state index is 11.9. The number of carboxylic acid groups (broad SMARTS) is 1. The lowest BCUT2D eigenvalue weighted by molar-refractivity contribution is -0.150. The van der Waals surface area contributed by atoms with Crippen molar-refractivity contribution in [3.63, 3.8) is 0 Å². The first-order valence-electron chi connectivity index (χ1n) is 7.33. The molecule has 116 valence electrons. The SMILES string of the molecule is CC1C(NC(=O)CCN(C)C)CCC(C(=O)O)C1(C)C. The normalized spacial score (nSPS) is 29.2. The molecule has 1 fully saturated rings. The Bertz CT molecular complexity index is 366. The van der Waals surface area contributed by atoms with E-state index in [1.54, 1.807) is 0 Å². The van der Waals surface area contributed by atoms with Crippen LogP contribution in [0.3, 0.4) is 0 Å². The van der Waals surface area contributed by atoms with Gasteiger partial charge >= 0.3 is 5.97 Å². The van der Waals surface area contributed by atoms with Crippen LogP contribution in [0.2, 0.25) is 0 Å². The van der Waals surface area contributed by atoms with Crippen molar-refractivity contribution in [3.05, 3.63) is 0 Å². The minimum Gasteiger partial charge on any atom is -0.481 e. The number of carbonyl (C=O) groups excluding carboxylic acids is 1. The zero-order valence-corrected chi connectivity index (χ0v) is 13.3. The first-order valence-corrected chi connectivity index (χ1v) is 7.33. The molecule has 3 atom stereocenters. The lowest BCUT2D eigenvalue weighted by Crippen LogP contribution is -2.52. The van der Waals surface area contributed by atoms with Crippen molar-refractivity contribution in [1.82, 2.24) is 10.2 Å². The molecule has 0 aliphatic heterocycles. The van der Waals surface area contributed by atoms with Crippen LogP contribution in [-0.2, 0) is 9.59 Å². The highest BCUT2D eigenvalue weighted by Crippen LogP contribution is 2.45. The summed E-state index contributed by atoms with van der Waals surface area (Å²) in [4.78, 5) is 25.2. The van der Waals surface area contributed by atoms with Gasteiger partial charge in [-0.2, -0.15) is 0 Å². The number of carboxylic acids is 1. The van der Waals surface area contributed by atoms with E-state index < -0.39 is 5.97 Å². The molecule has 0 aromatic heterocycles. The highest BCUT2D eigenvalue weighted by Gasteiger charge is 2.46. The molecular formula is C15H28N2O3.